The molecule has 0 spiro atoms. The maximum absolute atomic E-state index is 11.9. The second kappa shape index (κ2) is 5.42. The average molecular weight is 226 g/mol. The van der Waals surface area contributed by atoms with E-state index in [0.29, 0.717) is 4.88 Å². The van der Waals surface area contributed by atoms with Crippen LogP contribution in [0.5, 0.6) is 0 Å². The summed E-state index contributed by atoms with van der Waals surface area (Å²) in [5.74, 6) is -0.0401. The molecule has 1 aromatic heterocycles. The molecule has 0 aliphatic heterocycles. The van der Waals surface area contributed by atoms with Gasteiger partial charge < -0.3 is 5.11 Å². The highest BCUT2D eigenvalue weighted by molar-refractivity contribution is 7.14. The Balaban J connectivity index is 2.76. The number of carbonyl (C=O) groups is 1. The molecule has 0 amide bonds. The van der Waals surface area contributed by atoms with Crippen molar-refractivity contribution >= 4 is 17.1 Å². The van der Waals surface area contributed by atoms with Crippen molar-refractivity contribution in [3.05, 3.63) is 21.9 Å². The third kappa shape index (κ3) is 2.89. The molecule has 2 nitrogen and oxygen atoms in total. The van der Waals surface area contributed by atoms with Crippen molar-refractivity contribution in [3.63, 3.8) is 0 Å². The molecule has 0 fully saturated rings. The van der Waals surface area contributed by atoms with Crippen LogP contribution in [0.3, 0.4) is 0 Å². The minimum absolute atomic E-state index is 0.0832. The Bertz CT molecular complexity index is 326. The highest BCUT2D eigenvalue weighted by atomic mass is 32.1. The van der Waals surface area contributed by atoms with Gasteiger partial charge in [0.1, 0.15) is 6.10 Å². The zero-order valence-electron chi connectivity index (χ0n) is 9.49. The van der Waals surface area contributed by atoms with Gasteiger partial charge in [-0.05, 0) is 25.0 Å². The van der Waals surface area contributed by atoms with Crippen molar-refractivity contribution in [1.29, 1.82) is 0 Å². The molecular weight excluding hydrogens is 208 g/mol. The summed E-state index contributed by atoms with van der Waals surface area (Å²) in [5, 5.41) is 9.90. The number of aliphatic hydroxyl groups excluding tert-OH is 1. The van der Waals surface area contributed by atoms with E-state index in [-0.39, 0.29) is 11.7 Å². The first-order valence-corrected chi connectivity index (χ1v) is 6.20. The average Bonchev–Trinajstić information content (AvgIpc) is 2.65. The van der Waals surface area contributed by atoms with E-state index in [1.165, 1.54) is 11.3 Å². The minimum Gasteiger partial charge on any atom is -0.385 e. The Labute approximate surface area is 94.9 Å². The van der Waals surface area contributed by atoms with E-state index >= 15 is 0 Å². The SMILES string of the molecule is CCC(CC)C(O)C(=O)c1ccc(C)s1. The van der Waals surface area contributed by atoms with E-state index in [0.717, 1.165) is 17.7 Å². The molecule has 1 atom stereocenters. The van der Waals surface area contributed by atoms with E-state index in [9.17, 15) is 9.90 Å². The molecule has 1 N–H and O–H groups in total. The van der Waals surface area contributed by atoms with Gasteiger partial charge in [-0.1, -0.05) is 26.7 Å². The molecule has 1 rings (SSSR count). The molecule has 1 aromatic rings. The number of hydrogen-bond acceptors (Lipinski definition) is 3. The van der Waals surface area contributed by atoms with Gasteiger partial charge in [-0.25, -0.2) is 0 Å². The van der Waals surface area contributed by atoms with Gasteiger partial charge in [0.05, 0.1) is 4.88 Å². The molecule has 0 aliphatic carbocycles. The van der Waals surface area contributed by atoms with Crippen molar-refractivity contribution in [1.82, 2.24) is 0 Å². The fourth-order valence-corrected chi connectivity index (χ4v) is 2.50. The quantitative estimate of drug-likeness (QED) is 0.784. The Hall–Kier alpha value is -0.670. The maximum atomic E-state index is 11.9. The molecule has 0 saturated heterocycles. The monoisotopic (exact) mass is 226 g/mol. The van der Waals surface area contributed by atoms with Gasteiger partial charge in [-0.15, -0.1) is 11.3 Å². The number of hydrogen-bond donors (Lipinski definition) is 1. The standard InChI is InChI=1S/C12H18O2S/c1-4-9(5-2)11(13)12(14)10-7-6-8(3)15-10/h6-7,9,11,13H,4-5H2,1-3H3. The molecule has 0 radical (unpaired) electrons. The smallest absolute Gasteiger partial charge is 0.201 e. The number of thiophene rings is 1. The van der Waals surface area contributed by atoms with Crippen LogP contribution in [0.15, 0.2) is 12.1 Å². The fraction of sp³-hybridized carbons (Fsp3) is 0.583. The highest BCUT2D eigenvalue weighted by Gasteiger charge is 2.25. The first kappa shape index (κ1) is 12.4. The lowest BCUT2D eigenvalue weighted by atomic mass is 9.93. The van der Waals surface area contributed by atoms with Gasteiger partial charge in [0.25, 0.3) is 0 Å². The molecule has 0 aliphatic rings. The van der Waals surface area contributed by atoms with Gasteiger partial charge in [0.15, 0.2) is 0 Å². The van der Waals surface area contributed by atoms with Crippen molar-refractivity contribution in [2.45, 2.75) is 39.7 Å². The van der Waals surface area contributed by atoms with Crippen molar-refractivity contribution in [3.8, 4) is 0 Å². The molecule has 1 unspecified atom stereocenters. The predicted molar refractivity (Wildman–Crippen MR) is 63.5 cm³/mol. The second-order valence-corrected chi connectivity index (χ2v) is 5.08. The van der Waals surface area contributed by atoms with Crippen molar-refractivity contribution in [2.24, 2.45) is 5.92 Å². The van der Waals surface area contributed by atoms with E-state index in [1.807, 2.05) is 26.8 Å². The molecular formula is C12H18O2S. The number of ketones is 1. The summed E-state index contributed by atoms with van der Waals surface area (Å²) < 4.78 is 0. The lowest BCUT2D eigenvalue weighted by molar-refractivity contribution is 0.0592. The largest absolute Gasteiger partial charge is 0.385 e. The van der Waals surface area contributed by atoms with Crippen LogP contribution in [0.1, 0.15) is 41.2 Å². The van der Waals surface area contributed by atoms with Crippen LogP contribution in [0.25, 0.3) is 0 Å². The van der Waals surface area contributed by atoms with Gasteiger partial charge in [-0.3, -0.25) is 4.79 Å². The topological polar surface area (TPSA) is 37.3 Å². The first-order chi connectivity index (χ1) is 7.10. The molecule has 3 heteroatoms. The summed E-state index contributed by atoms with van der Waals surface area (Å²) in [6.07, 6.45) is 0.847. The lowest BCUT2D eigenvalue weighted by Gasteiger charge is -2.17. The summed E-state index contributed by atoms with van der Waals surface area (Å²) in [6.45, 7) is 5.97. The van der Waals surface area contributed by atoms with Crippen LogP contribution >= 0.6 is 11.3 Å². The number of aryl methyl sites for hydroxylation is 1. The molecule has 0 bridgehead atoms. The third-order valence-corrected chi connectivity index (χ3v) is 3.76. The Morgan fingerprint density at radius 3 is 2.40 bits per heavy atom. The zero-order valence-corrected chi connectivity index (χ0v) is 10.3. The maximum Gasteiger partial charge on any atom is 0.201 e. The summed E-state index contributed by atoms with van der Waals surface area (Å²) in [5.41, 5.74) is 0. The van der Waals surface area contributed by atoms with Gasteiger partial charge in [0, 0.05) is 4.88 Å². The third-order valence-electron chi connectivity index (χ3n) is 2.75. The molecule has 1 heterocycles. The van der Waals surface area contributed by atoms with E-state index in [1.54, 1.807) is 6.07 Å². The number of rotatable bonds is 5. The van der Waals surface area contributed by atoms with Gasteiger partial charge in [0.2, 0.25) is 5.78 Å². The normalized spacial score (nSPS) is 13.1. The number of carbonyl (C=O) groups excluding carboxylic acids is 1. The minimum atomic E-state index is -0.835. The highest BCUT2D eigenvalue weighted by Crippen LogP contribution is 2.22. The van der Waals surface area contributed by atoms with Gasteiger partial charge in [-0.2, -0.15) is 0 Å². The van der Waals surface area contributed by atoms with Crippen molar-refractivity contribution in [2.75, 3.05) is 0 Å². The molecule has 0 saturated carbocycles. The summed E-state index contributed by atoms with van der Waals surface area (Å²) in [6, 6.07) is 3.71. The van der Waals surface area contributed by atoms with Crippen molar-refractivity contribution < 1.29 is 9.90 Å². The summed E-state index contributed by atoms with van der Waals surface area (Å²) in [7, 11) is 0. The fourth-order valence-electron chi connectivity index (χ4n) is 1.66. The Kier molecular flexibility index (Phi) is 4.48. The van der Waals surface area contributed by atoms with E-state index in [2.05, 4.69) is 0 Å². The van der Waals surface area contributed by atoms with Gasteiger partial charge >= 0.3 is 0 Å². The molecule has 84 valence electrons. The van der Waals surface area contributed by atoms with E-state index < -0.39 is 6.10 Å². The first-order valence-electron chi connectivity index (χ1n) is 5.38. The van der Waals surface area contributed by atoms with Crippen LogP contribution in [0.2, 0.25) is 0 Å². The van der Waals surface area contributed by atoms with Crippen LogP contribution in [0.4, 0.5) is 0 Å². The number of aliphatic hydroxyl groups is 1. The second-order valence-electron chi connectivity index (χ2n) is 3.80. The Morgan fingerprint density at radius 1 is 1.40 bits per heavy atom. The lowest BCUT2D eigenvalue weighted by Crippen LogP contribution is -2.28. The number of Topliss-reactive ketones (excluding diaryl/α,β-unsaturated/α-hetero) is 1. The van der Waals surface area contributed by atoms with Crippen LogP contribution in [0, 0.1) is 12.8 Å². The summed E-state index contributed by atoms with van der Waals surface area (Å²) in [4.78, 5) is 13.7. The van der Waals surface area contributed by atoms with Crippen LogP contribution in [-0.2, 0) is 0 Å². The Morgan fingerprint density at radius 2 is 2.00 bits per heavy atom. The predicted octanol–water partition coefficient (Wildman–Crippen LogP) is 3.04. The van der Waals surface area contributed by atoms with Crippen LogP contribution in [-0.4, -0.2) is 17.0 Å². The summed E-state index contributed by atoms with van der Waals surface area (Å²) >= 11 is 1.45. The van der Waals surface area contributed by atoms with Crippen LogP contribution < -0.4 is 0 Å². The zero-order chi connectivity index (χ0) is 11.4. The van der Waals surface area contributed by atoms with E-state index in [4.69, 9.17) is 0 Å². The molecule has 15 heavy (non-hydrogen) atoms. The molecule has 0 aromatic carbocycles.